The van der Waals surface area contributed by atoms with Gasteiger partial charge in [-0.2, -0.15) is 0 Å². The number of nitrogens with one attached hydrogen (secondary N) is 1. The molecule has 0 bridgehead atoms. The molecule has 0 aliphatic heterocycles. The van der Waals surface area contributed by atoms with Crippen LogP contribution in [0.15, 0.2) is 12.1 Å². The quantitative estimate of drug-likeness (QED) is 0.818. The SMILES string of the molecule is CCNC(CC(C)(C)C)c1cc(Cl)c(OC)cc1Cl. The molecule has 2 nitrogen and oxygen atoms in total. The first-order chi connectivity index (χ1) is 8.78. The molecule has 0 aliphatic carbocycles. The molecule has 0 fully saturated rings. The minimum absolute atomic E-state index is 0.195. The first-order valence-corrected chi connectivity index (χ1v) is 7.30. The van der Waals surface area contributed by atoms with Gasteiger partial charge in [-0.05, 0) is 30.0 Å². The van der Waals surface area contributed by atoms with E-state index >= 15 is 0 Å². The molecule has 1 rings (SSSR count). The maximum Gasteiger partial charge on any atom is 0.138 e. The van der Waals surface area contributed by atoms with Crippen molar-refractivity contribution in [3.63, 3.8) is 0 Å². The molecule has 1 aromatic rings. The maximum absolute atomic E-state index is 6.36. The summed E-state index contributed by atoms with van der Waals surface area (Å²) in [6.45, 7) is 9.64. The van der Waals surface area contributed by atoms with E-state index in [1.807, 2.05) is 6.07 Å². The molecular weight excluding hydrogens is 281 g/mol. The Kier molecular flexibility index (Phi) is 5.97. The number of methoxy groups -OCH3 is 1. The van der Waals surface area contributed by atoms with Crippen LogP contribution in [0.1, 0.15) is 45.7 Å². The normalized spacial score (nSPS) is 13.4. The fourth-order valence-electron chi connectivity index (χ4n) is 2.12. The van der Waals surface area contributed by atoms with E-state index in [1.54, 1.807) is 13.2 Å². The van der Waals surface area contributed by atoms with E-state index < -0.39 is 0 Å². The first-order valence-electron chi connectivity index (χ1n) is 6.54. The first kappa shape index (κ1) is 16.6. The van der Waals surface area contributed by atoms with Crippen LogP contribution in [0.5, 0.6) is 5.75 Å². The summed E-state index contributed by atoms with van der Waals surface area (Å²) in [7, 11) is 1.59. The van der Waals surface area contributed by atoms with E-state index in [4.69, 9.17) is 27.9 Å². The zero-order chi connectivity index (χ0) is 14.6. The molecule has 19 heavy (non-hydrogen) atoms. The van der Waals surface area contributed by atoms with Gasteiger partial charge in [0.15, 0.2) is 0 Å². The van der Waals surface area contributed by atoms with E-state index in [0.29, 0.717) is 15.8 Å². The average Bonchev–Trinajstić information content (AvgIpc) is 2.29. The number of rotatable bonds is 5. The van der Waals surface area contributed by atoms with Crippen molar-refractivity contribution < 1.29 is 4.74 Å². The summed E-state index contributed by atoms with van der Waals surface area (Å²) in [6.07, 6.45) is 0.989. The van der Waals surface area contributed by atoms with Crippen LogP contribution >= 0.6 is 23.2 Å². The molecule has 0 radical (unpaired) electrons. The Morgan fingerprint density at radius 2 is 1.84 bits per heavy atom. The van der Waals surface area contributed by atoms with Gasteiger partial charge in [-0.3, -0.25) is 0 Å². The van der Waals surface area contributed by atoms with Crippen LogP contribution in [0.2, 0.25) is 10.0 Å². The average molecular weight is 304 g/mol. The van der Waals surface area contributed by atoms with Crippen LogP contribution in [0.3, 0.4) is 0 Å². The van der Waals surface area contributed by atoms with Crippen LogP contribution in [-0.4, -0.2) is 13.7 Å². The largest absolute Gasteiger partial charge is 0.495 e. The Bertz CT molecular complexity index is 427. The minimum atomic E-state index is 0.195. The van der Waals surface area contributed by atoms with Crippen molar-refractivity contribution in [2.24, 2.45) is 5.41 Å². The van der Waals surface area contributed by atoms with Gasteiger partial charge in [-0.15, -0.1) is 0 Å². The zero-order valence-electron chi connectivity index (χ0n) is 12.3. The highest BCUT2D eigenvalue weighted by Crippen LogP contribution is 2.37. The van der Waals surface area contributed by atoms with Gasteiger partial charge in [0, 0.05) is 17.1 Å². The highest BCUT2D eigenvalue weighted by atomic mass is 35.5. The summed E-state index contributed by atoms with van der Waals surface area (Å²) >= 11 is 12.6. The summed E-state index contributed by atoms with van der Waals surface area (Å²) in [6, 6.07) is 3.88. The lowest BCUT2D eigenvalue weighted by Crippen LogP contribution is -2.25. The van der Waals surface area contributed by atoms with Gasteiger partial charge >= 0.3 is 0 Å². The third-order valence-electron chi connectivity index (χ3n) is 2.91. The standard InChI is InChI=1S/C15H23Cl2NO/c1-6-18-13(9-15(2,3)4)10-7-12(17)14(19-5)8-11(10)16/h7-8,13,18H,6,9H2,1-5H3. The van der Waals surface area contributed by atoms with Crippen LogP contribution in [0.4, 0.5) is 0 Å². The topological polar surface area (TPSA) is 21.3 Å². The van der Waals surface area contributed by atoms with Gasteiger partial charge < -0.3 is 10.1 Å². The molecule has 4 heteroatoms. The summed E-state index contributed by atoms with van der Waals surface area (Å²) < 4.78 is 5.18. The molecule has 0 aromatic heterocycles. The summed E-state index contributed by atoms with van der Waals surface area (Å²) in [5, 5.41) is 4.76. The maximum atomic E-state index is 6.36. The number of benzene rings is 1. The second-order valence-corrected chi connectivity index (χ2v) is 6.70. The van der Waals surface area contributed by atoms with E-state index in [9.17, 15) is 0 Å². The highest BCUT2D eigenvalue weighted by molar-refractivity contribution is 6.34. The molecular formula is C15H23Cl2NO. The van der Waals surface area contributed by atoms with Crippen molar-refractivity contribution in [1.29, 1.82) is 0 Å². The molecule has 1 unspecified atom stereocenters. The van der Waals surface area contributed by atoms with Gasteiger partial charge in [0.25, 0.3) is 0 Å². The lowest BCUT2D eigenvalue weighted by molar-refractivity contribution is 0.314. The summed E-state index contributed by atoms with van der Waals surface area (Å²) in [5.74, 6) is 0.612. The van der Waals surface area contributed by atoms with Gasteiger partial charge in [-0.1, -0.05) is 50.9 Å². The van der Waals surface area contributed by atoms with Crippen molar-refractivity contribution in [1.82, 2.24) is 5.32 Å². The van der Waals surface area contributed by atoms with Crippen molar-refractivity contribution in [2.75, 3.05) is 13.7 Å². The van der Waals surface area contributed by atoms with Gasteiger partial charge in [-0.25, -0.2) is 0 Å². The van der Waals surface area contributed by atoms with Gasteiger partial charge in [0.05, 0.1) is 12.1 Å². The Labute approximate surface area is 126 Å². The van der Waals surface area contributed by atoms with Crippen LogP contribution in [0, 0.1) is 5.41 Å². The molecule has 0 saturated carbocycles. The molecule has 0 saturated heterocycles. The van der Waals surface area contributed by atoms with E-state index in [2.05, 4.69) is 33.0 Å². The molecule has 0 aliphatic rings. The minimum Gasteiger partial charge on any atom is -0.495 e. The van der Waals surface area contributed by atoms with Crippen LogP contribution in [0.25, 0.3) is 0 Å². The Balaban J connectivity index is 3.12. The molecule has 1 N–H and O–H groups in total. The van der Waals surface area contributed by atoms with Crippen LogP contribution < -0.4 is 10.1 Å². The number of halogens is 2. The Morgan fingerprint density at radius 3 is 2.32 bits per heavy atom. The molecule has 0 amide bonds. The predicted octanol–water partition coefficient (Wildman–Crippen LogP) is 5.09. The lowest BCUT2D eigenvalue weighted by atomic mass is 9.85. The Morgan fingerprint density at radius 1 is 1.21 bits per heavy atom. The number of ether oxygens (including phenoxy) is 1. The molecule has 1 atom stereocenters. The molecule has 0 heterocycles. The van der Waals surface area contributed by atoms with Crippen molar-refractivity contribution in [3.8, 4) is 5.75 Å². The Hall–Kier alpha value is -0.440. The monoisotopic (exact) mass is 303 g/mol. The van der Waals surface area contributed by atoms with Crippen molar-refractivity contribution in [3.05, 3.63) is 27.7 Å². The second kappa shape index (κ2) is 6.83. The highest BCUT2D eigenvalue weighted by Gasteiger charge is 2.22. The third-order valence-corrected chi connectivity index (χ3v) is 3.54. The lowest BCUT2D eigenvalue weighted by Gasteiger charge is -2.28. The van der Waals surface area contributed by atoms with E-state index in [1.165, 1.54) is 0 Å². The molecule has 1 aromatic carbocycles. The zero-order valence-corrected chi connectivity index (χ0v) is 13.8. The fraction of sp³-hybridized carbons (Fsp3) is 0.600. The van der Waals surface area contributed by atoms with Crippen molar-refractivity contribution in [2.45, 2.75) is 40.2 Å². The molecule has 0 spiro atoms. The van der Waals surface area contributed by atoms with Crippen LogP contribution in [-0.2, 0) is 0 Å². The smallest absolute Gasteiger partial charge is 0.138 e. The molecule has 108 valence electrons. The summed E-state index contributed by atoms with van der Waals surface area (Å²) in [4.78, 5) is 0. The van der Waals surface area contributed by atoms with E-state index in [-0.39, 0.29) is 11.5 Å². The summed E-state index contributed by atoms with van der Waals surface area (Å²) in [5.41, 5.74) is 1.24. The fourth-order valence-corrected chi connectivity index (χ4v) is 2.65. The second-order valence-electron chi connectivity index (χ2n) is 5.88. The van der Waals surface area contributed by atoms with Gasteiger partial charge in [0.2, 0.25) is 0 Å². The van der Waals surface area contributed by atoms with Crippen molar-refractivity contribution >= 4 is 23.2 Å². The third kappa shape index (κ3) is 4.87. The predicted molar refractivity (Wildman–Crippen MR) is 83.5 cm³/mol. The number of hydrogen-bond acceptors (Lipinski definition) is 2. The van der Waals surface area contributed by atoms with E-state index in [0.717, 1.165) is 18.5 Å². The number of hydrogen-bond donors (Lipinski definition) is 1. The van der Waals surface area contributed by atoms with Gasteiger partial charge in [0.1, 0.15) is 5.75 Å².